The molecule has 0 saturated carbocycles. The minimum absolute atomic E-state index is 0.300. The van der Waals surface area contributed by atoms with Gasteiger partial charge in [-0.2, -0.15) is 0 Å². The van der Waals surface area contributed by atoms with Crippen LogP contribution >= 0.6 is 0 Å². The molecule has 0 heterocycles. The van der Waals surface area contributed by atoms with Crippen LogP contribution < -0.4 is 11.3 Å². The van der Waals surface area contributed by atoms with Crippen molar-refractivity contribution < 1.29 is 9.53 Å². The molecule has 0 fully saturated rings. The number of aliphatic imine (C=N–C) groups is 1. The van der Waals surface area contributed by atoms with Crippen LogP contribution in [-0.2, 0) is 9.53 Å². The Kier molecular flexibility index (Phi) is 5.46. The van der Waals surface area contributed by atoms with Gasteiger partial charge in [0.2, 0.25) is 0 Å². The van der Waals surface area contributed by atoms with Crippen molar-refractivity contribution in [2.75, 3.05) is 7.05 Å². The summed E-state index contributed by atoms with van der Waals surface area (Å²) in [6.45, 7) is 8.92. The first-order valence-corrected chi connectivity index (χ1v) is 4.85. The highest BCUT2D eigenvalue weighted by Crippen LogP contribution is 2.11. The largest absolute Gasteiger partial charge is 0.456 e. The lowest BCUT2D eigenvalue weighted by Gasteiger charge is -2.19. The Hall–Kier alpha value is -1.62. The van der Waals surface area contributed by atoms with Crippen molar-refractivity contribution in [1.82, 2.24) is 5.43 Å². The topological polar surface area (TPSA) is 76.7 Å². The van der Waals surface area contributed by atoms with E-state index in [-0.39, 0.29) is 0 Å². The third kappa shape index (κ3) is 5.31. The molecule has 5 heteroatoms. The average Bonchev–Trinajstić information content (AvgIpc) is 2.17. The van der Waals surface area contributed by atoms with Gasteiger partial charge in [0.1, 0.15) is 11.4 Å². The van der Waals surface area contributed by atoms with E-state index >= 15 is 0 Å². The van der Waals surface area contributed by atoms with E-state index in [9.17, 15) is 4.79 Å². The molecule has 0 aliphatic rings. The van der Waals surface area contributed by atoms with Crippen molar-refractivity contribution in [2.24, 2.45) is 10.8 Å². The number of ether oxygens (including phenoxy) is 1. The molecular formula is C11H19N3O2. The Morgan fingerprint density at radius 2 is 2.06 bits per heavy atom. The van der Waals surface area contributed by atoms with Gasteiger partial charge in [0.15, 0.2) is 0 Å². The number of amidine groups is 1. The van der Waals surface area contributed by atoms with Crippen molar-refractivity contribution in [3.63, 3.8) is 0 Å². The van der Waals surface area contributed by atoms with Crippen LogP contribution in [-0.4, -0.2) is 24.5 Å². The van der Waals surface area contributed by atoms with Gasteiger partial charge in [-0.1, -0.05) is 12.7 Å². The highest BCUT2D eigenvalue weighted by Gasteiger charge is 2.18. The van der Waals surface area contributed by atoms with E-state index in [0.717, 1.165) is 0 Å². The summed E-state index contributed by atoms with van der Waals surface area (Å²) in [5.41, 5.74) is 2.11. The number of hydrogen-bond acceptors (Lipinski definition) is 4. The molecule has 90 valence electrons. The van der Waals surface area contributed by atoms with Crippen LogP contribution in [0.15, 0.2) is 29.3 Å². The van der Waals surface area contributed by atoms with Crippen molar-refractivity contribution in [1.29, 1.82) is 0 Å². The molecule has 0 bridgehead atoms. The highest BCUT2D eigenvalue weighted by atomic mass is 16.6. The number of carbonyl (C=O) groups is 1. The Labute approximate surface area is 96.0 Å². The molecule has 0 unspecified atom stereocenters. The third-order valence-corrected chi connectivity index (χ3v) is 1.54. The summed E-state index contributed by atoms with van der Waals surface area (Å²) in [4.78, 5) is 15.5. The Bertz CT molecular complexity index is 325. The number of nitrogens with two attached hydrogens (primary N) is 1. The first-order chi connectivity index (χ1) is 7.34. The van der Waals surface area contributed by atoms with Crippen LogP contribution in [0, 0.1) is 0 Å². The fraction of sp³-hybridized carbons (Fsp3) is 0.455. The zero-order valence-corrected chi connectivity index (χ0v) is 10.2. The molecule has 0 rings (SSSR count). The van der Waals surface area contributed by atoms with E-state index in [1.54, 1.807) is 27.8 Å². The lowest BCUT2D eigenvalue weighted by Crippen LogP contribution is -2.30. The van der Waals surface area contributed by atoms with Gasteiger partial charge in [-0.3, -0.25) is 4.99 Å². The quantitative estimate of drug-likeness (QED) is 0.142. The maximum atomic E-state index is 11.7. The Balaban J connectivity index is 4.88. The predicted molar refractivity (Wildman–Crippen MR) is 64.8 cm³/mol. The van der Waals surface area contributed by atoms with E-state index in [1.807, 2.05) is 0 Å². The van der Waals surface area contributed by atoms with Crippen LogP contribution in [0.2, 0.25) is 0 Å². The van der Waals surface area contributed by atoms with Crippen LogP contribution in [0.3, 0.4) is 0 Å². The predicted octanol–water partition coefficient (Wildman–Crippen LogP) is 0.932. The maximum absolute atomic E-state index is 11.7. The fourth-order valence-corrected chi connectivity index (χ4v) is 0.856. The molecule has 0 saturated heterocycles. The van der Waals surface area contributed by atoms with Crippen molar-refractivity contribution >= 4 is 11.8 Å². The third-order valence-electron chi connectivity index (χ3n) is 1.54. The number of esters is 1. The Morgan fingerprint density at radius 1 is 1.50 bits per heavy atom. The molecule has 0 aliphatic carbocycles. The van der Waals surface area contributed by atoms with E-state index in [4.69, 9.17) is 10.6 Å². The summed E-state index contributed by atoms with van der Waals surface area (Å²) in [5, 5.41) is 0. The van der Waals surface area contributed by atoms with Gasteiger partial charge >= 0.3 is 5.97 Å². The zero-order chi connectivity index (χ0) is 12.8. The second kappa shape index (κ2) is 6.07. The van der Waals surface area contributed by atoms with Crippen LogP contribution in [0.4, 0.5) is 0 Å². The molecule has 0 atom stereocenters. The summed E-state index contributed by atoms with van der Waals surface area (Å²) in [7, 11) is 1.56. The molecule has 0 aliphatic heterocycles. The molecule has 0 aromatic carbocycles. The van der Waals surface area contributed by atoms with Gasteiger partial charge in [-0.05, 0) is 26.8 Å². The monoisotopic (exact) mass is 225 g/mol. The first kappa shape index (κ1) is 14.4. The van der Waals surface area contributed by atoms with Crippen molar-refractivity contribution in [3.8, 4) is 0 Å². The van der Waals surface area contributed by atoms with Gasteiger partial charge in [-0.15, -0.1) is 0 Å². The maximum Gasteiger partial charge on any atom is 0.338 e. The minimum Gasteiger partial charge on any atom is -0.456 e. The number of rotatable bonds is 3. The summed E-state index contributed by atoms with van der Waals surface area (Å²) < 4.78 is 5.18. The highest BCUT2D eigenvalue weighted by molar-refractivity contribution is 6.02. The molecule has 0 aromatic rings. The van der Waals surface area contributed by atoms with Crippen molar-refractivity contribution in [2.45, 2.75) is 26.4 Å². The van der Waals surface area contributed by atoms with E-state index < -0.39 is 11.6 Å². The number of hydrazine groups is 1. The smallest absolute Gasteiger partial charge is 0.338 e. The number of nitrogens with one attached hydrogen (secondary N) is 1. The summed E-state index contributed by atoms with van der Waals surface area (Å²) in [6.07, 6.45) is 2.87. The molecule has 0 aromatic heterocycles. The second-order valence-corrected chi connectivity index (χ2v) is 4.06. The normalized spacial score (nSPS) is 13.3. The molecule has 3 N–H and O–H groups in total. The molecule has 0 amide bonds. The van der Waals surface area contributed by atoms with Crippen LogP contribution in [0.25, 0.3) is 0 Å². The fourth-order valence-electron chi connectivity index (χ4n) is 0.856. The molecule has 16 heavy (non-hydrogen) atoms. The van der Waals surface area contributed by atoms with Crippen LogP contribution in [0.5, 0.6) is 0 Å². The minimum atomic E-state index is -0.543. The second-order valence-electron chi connectivity index (χ2n) is 4.06. The number of hydrogen-bond donors (Lipinski definition) is 2. The van der Waals surface area contributed by atoms with Crippen molar-refractivity contribution in [3.05, 3.63) is 24.3 Å². The van der Waals surface area contributed by atoms with Gasteiger partial charge < -0.3 is 10.2 Å². The lowest BCUT2D eigenvalue weighted by molar-refractivity contribution is -0.149. The number of nitrogens with zero attached hydrogens (tertiary/aromatic N) is 1. The molecule has 5 nitrogen and oxygen atoms in total. The molecule has 0 radical (unpaired) electrons. The lowest BCUT2D eigenvalue weighted by atomic mass is 10.1. The number of carbonyl (C=O) groups excluding carboxylic acids is 1. The van der Waals surface area contributed by atoms with Gasteiger partial charge in [0.25, 0.3) is 0 Å². The van der Waals surface area contributed by atoms with E-state index in [1.165, 1.54) is 12.2 Å². The zero-order valence-electron chi connectivity index (χ0n) is 10.2. The average molecular weight is 225 g/mol. The molecular weight excluding hydrogens is 206 g/mol. The molecule has 0 spiro atoms. The van der Waals surface area contributed by atoms with Crippen LogP contribution in [0.1, 0.15) is 20.8 Å². The van der Waals surface area contributed by atoms with Gasteiger partial charge in [0.05, 0.1) is 5.57 Å². The van der Waals surface area contributed by atoms with Gasteiger partial charge in [-0.25, -0.2) is 10.6 Å². The van der Waals surface area contributed by atoms with Gasteiger partial charge in [0, 0.05) is 7.05 Å². The Morgan fingerprint density at radius 3 is 2.38 bits per heavy atom. The summed E-state index contributed by atoms with van der Waals surface area (Å²) in [6, 6.07) is 0. The first-order valence-electron chi connectivity index (χ1n) is 4.85. The SMILES string of the molecule is C=C/C(=C\C(=NC)NN)C(=O)OC(C)(C)C. The van der Waals surface area contributed by atoms with E-state index in [0.29, 0.717) is 11.4 Å². The standard InChI is InChI=1S/C11H19N3O2/c1-6-8(7-9(13-5)14-12)10(15)16-11(2,3)4/h6-7H,1,12H2,2-5H3,(H,13,14)/b8-7+. The summed E-state index contributed by atoms with van der Waals surface area (Å²) in [5.74, 6) is 5.12. The van der Waals surface area contributed by atoms with E-state index in [2.05, 4.69) is 17.0 Å². The summed E-state index contributed by atoms with van der Waals surface area (Å²) >= 11 is 0.